The molecule has 0 aromatic heterocycles. The van der Waals surface area contributed by atoms with Crippen molar-refractivity contribution in [1.82, 2.24) is 5.32 Å². The van der Waals surface area contributed by atoms with Gasteiger partial charge >= 0.3 is 0 Å². The highest BCUT2D eigenvalue weighted by atomic mass is 35.5. The molecule has 1 aromatic carbocycles. The van der Waals surface area contributed by atoms with Crippen LogP contribution in [0.4, 0.5) is 0 Å². The quantitative estimate of drug-likeness (QED) is 0.815. The van der Waals surface area contributed by atoms with Crippen molar-refractivity contribution in [1.29, 1.82) is 0 Å². The van der Waals surface area contributed by atoms with Gasteiger partial charge in [0.1, 0.15) is 0 Å². The van der Waals surface area contributed by atoms with Crippen molar-refractivity contribution >= 4 is 17.2 Å². The van der Waals surface area contributed by atoms with Crippen molar-refractivity contribution in [3.8, 4) is 0 Å². The Morgan fingerprint density at radius 1 is 1.18 bits per heavy atom. The maximum Gasteiger partial charge on any atom is 0.0406 e. The molecule has 0 bridgehead atoms. The van der Waals surface area contributed by atoms with Crippen molar-refractivity contribution in [2.24, 2.45) is 5.41 Å². The highest BCUT2D eigenvalue weighted by Gasteiger charge is 2.26. The van der Waals surface area contributed by atoms with Crippen molar-refractivity contribution in [2.45, 2.75) is 33.1 Å². The first-order valence-electron chi connectivity index (χ1n) is 6.17. The van der Waals surface area contributed by atoms with Gasteiger partial charge < -0.3 is 5.32 Å². The first-order valence-corrected chi connectivity index (χ1v) is 6.55. The summed E-state index contributed by atoms with van der Waals surface area (Å²) in [7, 11) is 2.02. The highest BCUT2D eigenvalue weighted by Crippen LogP contribution is 2.41. The van der Waals surface area contributed by atoms with Crippen LogP contribution in [0, 0.1) is 5.41 Å². The number of hydrogen-bond acceptors (Lipinski definition) is 1. The zero-order chi connectivity index (χ0) is 12.5. The van der Waals surface area contributed by atoms with Crippen molar-refractivity contribution in [3.05, 3.63) is 40.5 Å². The van der Waals surface area contributed by atoms with E-state index in [2.05, 4.69) is 31.3 Å². The van der Waals surface area contributed by atoms with Gasteiger partial charge in [0.05, 0.1) is 0 Å². The minimum atomic E-state index is 0.411. The summed E-state index contributed by atoms with van der Waals surface area (Å²) >= 11 is 5.93. The molecule has 1 aromatic rings. The molecule has 0 spiro atoms. The van der Waals surface area contributed by atoms with Gasteiger partial charge in [-0.3, -0.25) is 0 Å². The van der Waals surface area contributed by atoms with Crippen LogP contribution in [0.15, 0.2) is 30.0 Å². The van der Waals surface area contributed by atoms with E-state index in [1.807, 2.05) is 19.2 Å². The van der Waals surface area contributed by atoms with Gasteiger partial charge in [0.2, 0.25) is 0 Å². The molecule has 2 rings (SSSR count). The van der Waals surface area contributed by atoms with Crippen molar-refractivity contribution in [3.63, 3.8) is 0 Å². The fraction of sp³-hybridized carbons (Fsp3) is 0.467. The summed E-state index contributed by atoms with van der Waals surface area (Å²) in [6.07, 6.45) is 3.52. The SMILES string of the molecule is CNC1=C(c2ccc(Cl)cc2)CCC(C)(C)C1. The second-order valence-electron chi connectivity index (χ2n) is 5.55. The second-order valence-corrected chi connectivity index (χ2v) is 5.99. The maximum absolute atomic E-state index is 5.93. The largest absolute Gasteiger partial charge is 0.391 e. The fourth-order valence-electron chi connectivity index (χ4n) is 2.50. The highest BCUT2D eigenvalue weighted by molar-refractivity contribution is 6.30. The molecule has 0 fully saturated rings. The zero-order valence-corrected chi connectivity index (χ0v) is 11.6. The monoisotopic (exact) mass is 249 g/mol. The lowest BCUT2D eigenvalue weighted by atomic mass is 9.75. The zero-order valence-electron chi connectivity index (χ0n) is 10.8. The van der Waals surface area contributed by atoms with Crippen molar-refractivity contribution in [2.75, 3.05) is 7.05 Å². The van der Waals surface area contributed by atoms with Gasteiger partial charge in [0.25, 0.3) is 0 Å². The maximum atomic E-state index is 5.93. The minimum absolute atomic E-state index is 0.411. The van der Waals surface area contributed by atoms with Crippen molar-refractivity contribution < 1.29 is 0 Å². The Morgan fingerprint density at radius 2 is 1.82 bits per heavy atom. The predicted octanol–water partition coefficient (Wildman–Crippen LogP) is 4.48. The Kier molecular flexibility index (Phi) is 3.48. The molecule has 92 valence electrons. The molecule has 0 unspecified atom stereocenters. The molecule has 0 atom stereocenters. The number of benzene rings is 1. The third kappa shape index (κ3) is 2.84. The van der Waals surface area contributed by atoms with Crippen LogP contribution in [0.1, 0.15) is 38.7 Å². The molecular weight excluding hydrogens is 230 g/mol. The van der Waals surface area contributed by atoms with Gasteiger partial charge in [-0.1, -0.05) is 37.6 Å². The fourth-order valence-corrected chi connectivity index (χ4v) is 2.62. The van der Waals surface area contributed by atoms with Gasteiger partial charge in [-0.2, -0.15) is 0 Å². The topological polar surface area (TPSA) is 12.0 Å². The molecule has 0 radical (unpaired) electrons. The summed E-state index contributed by atoms with van der Waals surface area (Å²) in [4.78, 5) is 0. The van der Waals surface area contributed by atoms with Gasteiger partial charge in [-0.25, -0.2) is 0 Å². The van der Waals surface area contributed by atoms with Crippen LogP contribution in [0.2, 0.25) is 5.02 Å². The Morgan fingerprint density at radius 3 is 2.41 bits per heavy atom. The minimum Gasteiger partial charge on any atom is -0.391 e. The van der Waals surface area contributed by atoms with E-state index in [0.717, 1.165) is 17.9 Å². The van der Waals surface area contributed by atoms with Crippen LogP contribution in [0.3, 0.4) is 0 Å². The van der Waals surface area contributed by atoms with Gasteiger partial charge in [-0.05, 0) is 47.9 Å². The average molecular weight is 250 g/mol. The molecular formula is C15H20ClN. The van der Waals surface area contributed by atoms with Gasteiger partial charge in [0.15, 0.2) is 0 Å². The summed E-state index contributed by atoms with van der Waals surface area (Å²) in [6, 6.07) is 8.18. The first kappa shape index (κ1) is 12.5. The molecule has 0 heterocycles. The molecule has 2 heteroatoms. The molecule has 17 heavy (non-hydrogen) atoms. The Balaban J connectivity index is 2.36. The lowest BCUT2D eigenvalue weighted by Gasteiger charge is -2.33. The van der Waals surface area contributed by atoms with E-state index in [1.54, 1.807) is 0 Å². The third-order valence-corrected chi connectivity index (χ3v) is 3.82. The first-order chi connectivity index (χ1) is 8.02. The van der Waals surface area contributed by atoms with E-state index in [0.29, 0.717) is 5.41 Å². The van der Waals surface area contributed by atoms with Gasteiger partial charge in [-0.15, -0.1) is 0 Å². The molecule has 1 aliphatic carbocycles. The lowest BCUT2D eigenvalue weighted by molar-refractivity contribution is 0.318. The molecule has 1 aliphatic rings. The standard InChI is InChI=1S/C15H20ClN/c1-15(2)9-8-13(14(10-15)17-3)11-4-6-12(16)7-5-11/h4-7,17H,8-10H2,1-3H3. The van der Waals surface area contributed by atoms with Crippen LogP contribution in [-0.4, -0.2) is 7.05 Å². The second kappa shape index (κ2) is 4.73. The van der Waals surface area contributed by atoms with E-state index < -0.39 is 0 Å². The van der Waals surface area contributed by atoms with E-state index in [1.165, 1.54) is 23.3 Å². The smallest absolute Gasteiger partial charge is 0.0406 e. The summed E-state index contributed by atoms with van der Waals surface area (Å²) < 4.78 is 0. The summed E-state index contributed by atoms with van der Waals surface area (Å²) in [6.45, 7) is 4.67. The van der Waals surface area contributed by atoms with Gasteiger partial charge in [0, 0.05) is 17.8 Å². The molecule has 1 nitrogen and oxygen atoms in total. The molecule has 0 saturated heterocycles. The summed E-state index contributed by atoms with van der Waals surface area (Å²) in [5, 5.41) is 4.17. The molecule has 1 N–H and O–H groups in total. The molecule has 0 amide bonds. The van der Waals surface area contributed by atoms with E-state index >= 15 is 0 Å². The predicted molar refractivity (Wildman–Crippen MR) is 75.1 cm³/mol. The Bertz CT molecular complexity index is 429. The average Bonchev–Trinajstić information content (AvgIpc) is 2.29. The normalized spacial score (nSPS) is 19.3. The van der Waals surface area contributed by atoms with Crippen LogP contribution in [-0.2, 0) is 0 Å². The Labute approximate surface area is 109 Å². The van der Waals surface area contributed by atoms with Crippen LogP contribution in [0.5, 0.6) is 0 Å². The van der Waals surface area contributed by atoms with Crippen LogP contribution >= 0.6 is 11.6 Å². The number of allylic oxidation sites excluding steroid dienone is 2. The number of rotatable bonds is 2. The third-order valence-electron chi connectivity index (χ3n) is 3.57. The number of hydrogen-bond donors (Lipinski definition) is 1. The van der Waals surface area contributed by atoms with E-state index in [-0.39, 0.29) is 0 Å². The number of halogens is 1. The Hall–Kier alpha value is -0.950. The number of nitrogens with one attached hydrogen (secondary N) is 1. The summed E-state index contributed by atoms with van der Waals surface area (Å²) in [5.41, 5.74) is 4.54. The van der Waals surface area contributed by atoms with E-state index in [4.69, 9.17) is 11.6 Å². The molecule has 0 saturated carbocycles. The van der Waals surface area contributed by atoms with Crippen LogP contribution < -0.4 is 5.32 Å². The lowest BCUT2D eigenvalue weighted by Crippen LogP contribution is -2.23. The van der Waals surface area contributed by atoms with Crippen LogP contribution in [0.25, 0.3) is 5.57 Å². The molecule has 0 aliphatic heterocycles. The summed E-state index contributed by atoms with van der Waals surface area (Å²) in [5.74, 6) is 0. The van der Waals surface area contributed by atoms with E-state index in [9.17, 15) is 0 Å².